The van der Waals surface area contributed by atoms with Crippen molar-refractivity contribution in [1.29, 1.82) is 0 Å². The SMILES string of the molecule is NC(=NN=Cc1c(F)c(F)cc(Br)c1F)SCc1ccccc1. The molecule has 0 atom stereocenters. The van der Waals surface area contributed by atoms with Crippen LogP contribution in [0.3, 0.4) is 0 Å². The topological polar surface area (TPSA) is 50.7 Å². The Labute approximate surface area is 143 Å². The van der Waals surface area contributed by atoms with Crippen molar-refractivity contribution in [1.82, 2.24) is 0 Å². The summed E-state index contributed by atoms with van der Waals surface area (Å²) in [6.07, 6.45) is 0.786. The molecule has 2 N–H and O–H groups in total. The van der Waals surface area contributed by atoms with Gasteiger partial charge in [0.05, 0.1) is 16.3 Å². The number of hydrogen-bond donors (Lipinski definition) is 1. The summed E-state index contributed by atoms with van der Waals surface area (Å²) in [7, 11) is 0. The van der Waals surface area contributed by atoms with Crippen LogP contribution in [-0.4, -0.2) is 11.4 Å². The van der Waals surface area contributed by atoms with E-state index in [1.807, 2.05) is 30.3 Å². The Balaban J connectivity index is 2.06. The molecule has 0 fully saturated rings. The largest absolute Gasteiger partial charge is 0.377 e. The van der Waals surface area contributed by atoms with Crippen LogP contribution in [-0.2, 0) is 5.75 Å². The standard InChI is InChI=1S/C15H11BrF3N3S/c16-11-6-12(17)14(19)10(13(11)18)7-21-22-15(20)23-8-9-4-2-1-3-5-9/h1-7H,8H2,(H2,20,22). The summed E-state index contributed by atoms with van der Waals surface area (Å²) >= 11 is 4.02. The molecule has 0 bridgehead atoms. The molecule has 0 unspecified atom stereocenters. The van der Waals surface area contributed by atoms with Crippen LogP contribution >= 0.6 is 27.7 Å². The normalized spacial score (nSPS) is 12.1. The fraction of sp³-hybridized carbons (Fsp3) is 0.0667. The van der Waals surface area contributed by atoms with E-state index in [9.17, 15) is 13.2 Å². The number of benzene rings is 2. The zero-order valence-corrected chi connectivity index (χ0v) is 14.0. The zero-order valence-electron chi connectivity index (χ0n) is 11.6. The molecule has 0 aromatic heterocycles. The number of hydrogen-bond acceptors (Lipinski definition) is 3. The summed E-state index contributed by atoms with van der Waals surface area (Å²) in [6.45, 7) is 0. The third-order valence-corrected chi connectivity index (χ3v) is 4.15. The molecule has 3 nitrogen and oxygen atoms in total. The van der Waals surface area contributed by atoms with Gasteiger partial charge in [-0.15, -0.1) is 5.10 Å². The average Bonchev–Trinajstić information content (AvgIpc) is 2.55. The van der Waals surface area contributed by atoms with Gasteiger partial charge >= 0.3 is 0 Å². The van der Waals surface area contributed by atoms with Crippen LogP contribution in [0.25, 0.3) is 0 Å². The monoisotopic (exact) mass is 401 g/mol. The fourth-order valence-corrected chi connectivity index (χ4v) is 2.64. The number of rotatable bonds is 4. The predicted molar refractivity (Wildman–Crippen MR) is 91.0 cm³/mol. The summed E-state index contributed by atoms with van der Waals surface area (Å²) < 4.78 is 40.2. The van der Waals surface area contributed by atoms with Crippen molar-refractivity contribution in [3.63, 3.8) is 0 Å². The molecule has 0 aliphatic rings. The Morgan fingerprint density at radius 2 is 1.87 bits per heavy atom. The summed E-state index contributed by atoms with van der Waals surface area (Å²) in [4.78, 5) is 0. The van der Waals surface area contributed by atoms with Gasteiger partial charge < -0.3 is 5.73 Å². The van der Waals surface area contributed by atoms with Crippen LogP contribution in [0.5, 0.6) is 0 Å². The maximum absolute atomic E-state index is 13.7. The molecule has 8 heteroatoms. The summed E-state index contributed by atoms with van der Waals surface area (Å²) in [5, 5.41) is 7.27. The third-order valence-electron chi connectivity index (χ3n) is 2.72. The predicted octanol–water partition coefficient (Wildman–Crippen LogP) is 4.45. The highest BCUT2D eigenvalue weighted by atomic mass is 79.9. The first kappa shape index (κ1) is 17.6. The second-order valence-corrected chi connectivity index (χ2v) is 6.19. The van der Waals surface area contributed by atoms with Crippen molar-refractivity contribution >= 4 is 39.1 Å². The number of nitrogens with zero attached hydrogens (tertiary/aromatic N) is 2. The van der Waals surface area contributed by atoms with E-state index in [0.717, 1.165) is 11.8 Å². The maximum Gasteiger partial charge on any atom is 0.180 e. The van der Waals surface area contributed by atoms with Crippen molar-refractivity contribution in [2.24, 2.45) is 15.9 Å². The smallest absolute Gasteiger partial charge is 0.180 e. The first-order valence-corrected chi connectivity index (χ1v) is 8.13. The minimum absolute atomic E-state index is 0.126. The van der Waals surface area contributed by atoms with Gasteiger partial charge in [0, 0.05) is 5.75 Å². The Kier molecular flexibility index (Phi) is 6.23. The van der Waals surface area contributed by atoms with Crippen molar-refractivity contribution in [2.45, 2.75) is 5.75 Å². The van der Waals surface area contributed by atoms with Crippen molar-refractivity contribution < 1.29 is 13.2 Å². The Morgan fingerprint density at radius 1 is 1.17 bits per heavy atom. The molecule has 23 heavy (non-hydrogen) atoms. The summed E-state index contributed by atoms with van der Waals surface area (Å²) in [5.41, 5.74) is 6.07. The first-order chi connectivity index (χ1) is 11.0. The molecular weight excluding hydrogens is 391 g/mol. The van der Waals surface area contributed by atoms with Gasteiger partial charge in [-0.25, -0.2) is 13.2 Å². The molecular formula is C15H11BrF3N3S. The minimum Gasteiger partial charge on any atom is -0.377 e. The van der Waals surface area contributed by atoms with Crippen LogP contribution in [0.1, 0.15) is 11.1 Å². The van der Waals surface area contributed by atoms with Gasteiger partial charge in [-0.1, -0.05) is 42.1 Å². The van der Waals surface area contributed by atoms with E-state index in [0.29, 0.717) is 11.8 Å². The van der Waals surface area contributed by atoms with Gasteiger partial charge in [0.2, 0.25) is 0 Å². The highest BCUT2D eigenvalue weighted by molar-refractivity contribution is 9.10. The fourth-order valence-electron chi connectivity index (χ4n) is 1.61. The molecule has 0 aliphatic carbocycles. The lowest BCUT2D eigenvalue weighted by Gasteiger charge is -2.02. The van der Waals surface area contributed by atoms with Crippen molar-refractivity contribution in [2.75, 3.05) is 0 Å². The van der Waals surface area contributed by atoms with E-state index in [1.165, 1.54) is 11.8 Å². The minimum atomic E-state index is -1.33. The second-order valence-electron chi connectivity index (χ2n) is 4.34. The molecule has 0 aliphatic heterocycles. The van der Waals surface area contributed by atoms with E-state index >= 15 is 0 Å². The molecule has 2 aromatic rings. The Morgan fingerprint density at radius 3 is 2.57 bits per heavy atom. The van der Waals surface area contributed by atoms with Gasteiger partial charge in [-0.05, 0) is 27.6 Å². The highest BCUT2D eigenvalue weighted by Crippen LogP contribution is 2.23. The molecule has 2 rings (SSSR count). The average molecular weight is 402 g/mol. The van der Waals surface area contributed by atoms with Crippen LogP contribution in [0.4, 0.5) is 13.2 Å². The quantitative estimate of drug-likeness (QED) is 0.356. The third kappa shape index (κ3) is 4.84. The van der Waals surface area contributed by atoms with Crippen LogP contribution in [0, 0.1) is 17.5 Å². The van der Waals surface area contributed by atoms with Crippen LogP contribution in [0.15, 0.2) is 51.1 Å². The van der Waals surface area contributed by atoms with Crippen molar-refractivity contribution in [3.05, 3.63) is 69.4 Å². The van der Waals surface area contributed by atoms with E-state index in [-0.39, 0.29) is 9.64 Å². The van der Waals surface area contributed by atoms with Crippen molar-refractivity contribution in [3.8, 4) is 0 Å². The van der Waals surface area contributed by atoms with Gasteiger partial charge in [0.25, 0.3) is 0 Å². The van der Waals surface area contributed by atoms with Gasteiger partial charge in [-0.2, -0.15) is 5.10 Å². The molecule has 2 aromatic carbocycles. The van der Waals surface area contributed by atoms with Gasteiger partial charge in [-0.3, -0.25) is 0 Å². The lowest BCUT2D eigenvalue weighted by atomic mass is 10.2. The first-order valence-electron chi connectivity index (χ1n) is 6.35. The molecule has 0 spiro atoms. The second kappa shape index (κ2) is 8.16. The number of amidine groups is 1. The molecule has 0 heterocycles. The number of thioether (sulfide) groups is 1. The zero-order chi connectivity index (χ0) is 16.8. The molecule has 0 radical (unpaired) electrons. The lowest BCUT2D eigenvalue weighted by Crippen LogP contribution is -2.06. The van der Waals surface area contributed by atoms with E-state index in [1.54, 1.807) is 0 Å². The van der Waals surface area contributed by atoms with Crippen LogP contribution in [0.2, 0.25) is 0 Å². The highest BCUT2D eigenvalue weighted by Gasteiger charge is 2.15. The van der Waals surface area contributed by atoms with E-state index in [4.69, 9.17) is 5.73 Å². The molecule has 0 saturated heterocycles. The number of nitrogens with two attached hydrogens (primary N) is 1. The molecule has 120 valence electrons. The molecule has 0 amide bonds. The Hall–Kier alpha value is -1.80. The van der Waals surface area contributed by atoms with E-state index in [2.05, 4.69) is 26.1 Å². The summed E-state index contributed by atoms with van der Waals surface area (Å²) in [6, 6.07) is 10.3. The van der Waals surface area contributed by atoms with Gasteiger partial charge in [0.1, 0.15) is 5.82 Å². The lowest BCUT2D eigenvalue weighted by molar-refractivity contribution is 0.491. The Bertz CT molecular complexity index is 725. The number of halogens is 4. The van der Waals surface area contributed by atoms with Crippen LogP contribution < -0.4 is 5.73 Å². The van der Waals surface area contributed by atoms with E-state index < -0.39 is 23.0 Å². The maximum atomic E-state index is 13.7. The van der Waals surface area contributed by atoms with Gasteiger partial charge in [0.15, 0.2) is 16.8 Å². The molecule has 0 saturated carbocycles. The summed E-state index contributed by atoms with van der Waals surface area (Å²) in [5.74, 6) is -2.89.